The van der Waals surface area contributed by atoms with E-state index in [1.807, 2.05) is 0 Å². The van der Waals surface area contributed by atoms with Crippen LogP contribution in [0, 0.1) is 18.8 Å². The average Bonchev–Trinajstić information content (AvgIpc) is 2.41. The van der Waals surface area contributed by atoms with Crippen LogP contribution < -0.4 is 0 Å². The molecule has 0 N–H and O–H groups in total. The third-order valence-corrected chi connectivity index (χ3v) is 4.55. The van der Waals surface area contributed by atoms with Gasteiger partial charge >= 0.3 is 0 Å². The predicted molar refractivity (Wildman–Crippen MR) is 89.4 cm³/mol. The molecule has 0 saturated carbocycles. The molecule has 0 heteroatoms. The number of rotatable bonds is 14. The van der Waals surface area contributed by atoms with Gasteiger partial charge in [-0.2, -0.15) is 0 Å². The summed E-state index contributed by atoms with van der Waals surface area (Å²) in [7, 11) is 0. The van der Waals surface area contributed by atoms with Crippen LogP contribution in [0.3, 0.4) is 0 Å². The summed E-state index contributed by atoms with van der Waals surface area (Å²) in [6.45, 7) is 11.0. The second kappa shape index (κ2) is 14.4. The van der Waals surface area contributed by atoms with E-state index in [0.29, 0.717) is 0 Å². The molecule has 0 aliphatic rings. The van der Waals surface area contributed by atoms with Crippen molar-refractivity contribution >= 4 is 0 Å². The summed E-state index contributed by atoms with van der Waals surface area (Å²) in [4.78, 5) is 0. The molecule has 0 spiro atoms. The summed E-state index contributed by atoms with van der Waals surface area (Å²) >= 11 is 0. The van der Waals surface area contributed by atoms with E-state index in [0.717, 1.165) is 18.3 Å². The molecule has 1 radical (unpaired) electrons. The Morgan fingerprint density at radius 1 is 0.737 bits per heavy atom. The third-order valence-electron chi connectivity index (χ3n) is 4.55. The Kier molecular flexibility index (Phi) is 14.4. The molecule has 0 aliphatic carbocycles. The molecule has 0 heterocycles. The van der Waals surface area contributed by atoms with E-state index in [-0.39, 0.29) is 0 Å². The zero-order valence-electron chi connectivity index (χ0n) is 14.1. The Hall–Kier alpha value is 0. The average molecular weight is 268 g/mol. The van der Waals surface area contributed by atoms with E-state index in [4.69, 9.17) is 0 Å². The molecule has 0 aromatic heterocycles. The van der Waals surface area contributed by atoms with Crippen LogP contribution in [0.25, 0.3) is 0 Å². The predicted octanol–water partition coefficient (Wildman–Crippen LogP) is 7.18. The highest BCUT2D eigenvalue weighted by molar-refractivity contribution is 4.61. The third kappa shape index (κ3) is 12.8. The van der Waals surface area contributed by atoms with Crippen LogP contribution >= 0.6 is 0 Å². The monoisotopic (exact) mass is 267 g/mol. The van der Waals surface area contributed by atoms with E-state index in [1.54, 1.807) is 0 Å². The van der Waals surface area contributed by atoms with Gasteiger partial charge in [0.05, 0.1) is 0 Å². The molecule has 19 heavy (non-hydrogen) atoms. The van der Waals surface area contributed by atoms with Crippen molar-refractivity contribution in [3.8, 4) is 0 Å². The summed E-state index contributed by atoms with van der Waals surface area (Å²) in [6.07, 6.45) is 18.2. The minimum absolute atomic E-state index is 0.934. The summed E-state index contributed by atoms with van der Waals surface area (Å²) in [5.74, 6) is 1.94. The van der Waals surface area contributed by atoms with Gasteiger partial charge in [0.25, 0.3) is 0 Å². The Labute approximate surface area is 123 Å². The van der Waals surface area contributed by atoms with Gasteiger partial charge in [0.1, 0.15) is 0 Å². The van der Waals surface area contributed by atoms with Crippen molar-refractivity contribution in [1.82, 2.24) is 0 Å². The van der Waals surface area contributed by atoms with Crippen molar-refractivity contribution in [3.63, 3.8) is 0 Å². The van der Waals surface area contributed by atoms with Gasteiger partial charge in [-0.15, -0.1) is 0 Å². The van der Waals surface area contributed by atoms with E-state index < -0.39 is 0 Å². The molecule has 0 aromatic rings. The zero-order chi connectivity index (χ0) is 14.3. The lowest BCUT2D eigenvalue weighted by atomic mass is 9.90. The van der Waals surface area contributed by atoms with Crippen molar-refractivity contribution in [3.05, 3.63) is 6.92 Å². The first-order valence-corrected chi connectivity index (χ1v) is 9.03. The molecule has 115 valence electrons. The molecule has 0 nitrogen and oxygen atoms in total. The van der Waals surface area contributed by atoms with Crippen molar-refractivity contribution in [2.45, 2.75) is 104 Å². The second-order valence-corrected chi connectivity index (χ2v) is 6.51. The highest BCUT2D eigenvalue weighted by Gasteiger charge is 2.08. The maximum Gasteiger partial charge on any atom is -0.0417 e. The van der Waals surface area contributed by atoms with Crippen LogP contribution in [0.5, 0.6) is 0 Å². The molecule has 0 aromatic carbocycles. The van der Waals surface area contributed by atoms with Crippen molar-refractivity contribution < 1.29 is 0 Å². The van der Waals surface area contributed by atoms with E-state index in [1.165, 1.54) is 77.0 Å². The fourth-order valence-electron chi connectivity index (χ4n) is 2.98. The second-order valence-electron chi connectivity index (χ2n) is 6.51. The van der Waals surface area contributed by atoms with Gasteiger partial charge in [-0.25, -0.2) is 0 Å². The maximum atomic E-state index is 3.92. The van der Waals surface area contributed by atoms with Crippen molar-refractivity contribution in [2.24, 2.45) is 11.8 Å². The molecule has 0 amide bonds. The van der Waals surface area contributed by atoms with Crippen LogP contribution in [-0.2, 0) is 0 Å². The number of hydrogen-bond acceptors (Lipinski definition) is 0. The molecule has 0 fully saturated rings. The smallest absolute Gasteiger partial charge is 0.0417 e. The van der Waals surface area contributed by atoms with Crippen LogP contribution in [0.4, 0.5) is 0 Å². The lowest BCUT2D eigenvalue weighted by molar-refractivity contribution is 0.369. The normalized spacial score (nSPS) is 14.5. The van der Waals surface area contributed by atoms with Crippen LogP contribution in [0.1, 0.15) is 104 Å². The van der Waals surface area contributed by atoms with Crippen molar-refractivity contribution in [2.75, 3.05) is 0 Å². The molecule has 0 rings (SSSR count). The van der Waals surface area contributed by atoms with E-state index in [9.17, 15) is 0 Å². The topological polar surface area (TPSA) is 0 Å². The Morgan fingerprint density at radius 3 is 2.00 bits per heavy atom. The standard InChI is InChI=1S/C19H39/c1-5-8-10-12-16-19(7-3)17-13-15-18(4)14-11-9-6-2/h18-19H,2,5-17H2,1,3-4H3. The van der Waals surface area contributed by atoms with Crippen LogP contribution in [-0.4, -0.2) is 0 Å². The summed E-state index contributed by atoms with van der Waals surface area (Å²) < 4.78 is 0. The first-order chi connectivity index (χ1) is 9.24. The van der Waals surface area contributed by atoms with Crippen LogP contribution in [0.15, 0.2) is 0 Å². The van der Waals surface area contributed by atoms with Crippen LogP contribution in [0.2, 0.25) is 0 Å². The highest BCUT2D eigenvalue weighted by atomic mass is 14.1. The molecule has 2 unspecified atom stereocenters. The van der Waals surface area contributed by atoms with Gasteiger partial charge in [0.2, 0.25) is 0 Å². The lowest BCUT2D eigenvalue weighted by Gasteiger charge is -2.16. The fourth-order valence-corrected chi connectivity index (χ4v) is 2.98. The van der Waals surface area contributed by atoms with E-state index >= 15 is 0 Å². The maximum absolute atomic E-state index is 3.92. The SMILES string of the molecule is [CH2]CCCCC(C)CCCC(CC)CCCCCC. The Bertz CT molecular complexity index is 161. The van der Waals surface area contributed by atoms with Gasteiger partial charge in [-0.1, -0.05) is 111 Å². The molecule has 0 bridgehead atoms. The zero-order valence-corrected chi connectivity index (χ0v) is 14.1. The Morgan fingerprint density at radius 2 is 1.37 bits per heavy atom. The first-order valence-electron chi connectivity index (χ1n) is 9.03. The molecule has 0 aliphatic heterocycles. The number of unbranched alkanes of at least 4 members (excludes halogenated alkanes) is 5. The lowest BCUT2D eigenvalue weighted by Crippen LogP contribution is -2.01. The quantitative estimate of drug-likeness (QED) is 0.292. The molecule has 2 atom stereocenters. The van der Waals surface area contributed by atoms with Gasteiger partial charge in [-0.3, -0.25) is 0 Å². The summed E-state index contributed by atoms with van der Waals surface area (Å²) in [5.41, 5.74) is 0. The minimum Gasteiger partial charge on any atom is -0.0654 e. The first kappa shape index (κ1) is 19.0. The molecular weight excluding hydrogens is 228 g/mol. The van der Waals surface area contributed by atoms with Gasteiger partial charge < -0.3 is 0 Å². The number of hydrogen-bond donors (Lipinski definition) is 0. The fraction of sp³-hybridized carbons (Fsp3) is 0.947. The molecular formula is C19H39. The van der Waals surface area contributed by atoms with E-state index in [2.05, 4.69) is 27.7 Å². The highest BCUT2D eigenvalue weighted by Crippen LogP contribution is 2.23. The largest absolute Gasteiger partial charge is 0.0654 e. The summed E-state index contributed by atoms with van der Waals surface area (Å²) in [6, 6.07) is 0. The summed E-state index contributed by atoms with van der Waals surface area (Å²) in [5, 5.41) is 0. The van der Waals surface area contributed by atoms with Gasteiger partial charge in [0.15, 0.2) is 0 Å². The Balaban J connectivity index is 3.48. The molecule has 0 saturated heterocycles. The van der Waals surface area contributed by atoms with Crippen molar-refractivity contribution in [1.29, 1.82) is 0 Å². The van der Waals surface area contributed by atoms with Gasteiger partial charge in [-0.05, 0) is 11.8 Å². The van der Waals surface area contributed by atoms with Gasteiger partial charge in [0, 0.05) is 0 Å². The minimum atomic E-state index is 0.934.